The second-order valence-corrected chi connectivity index (χ2v) is 11.3. The number of benzene rings is 2. The number of hydrogen-bond donors (Lipinski definition) is 0. The van der Waals surface area contributed by atoms with Gasteiger partial charge in [0.25, 0.3) is 5.91 Å². The third-order valence-electron chi connectivity index (χ3n) is 6.59. The SMILES string of the molecule is CC(C)(C)C1=CC(=C2C(=O)N(c3cccc4ccccc34)N=C2c2ccco2)C=C(C(C)(C)C)C1=O. The van der Waals surface area contributed by atoms with Crippen LogP contribution in [0.25, 0.3) is 10.8 Å². The van der Waals surface area contributed by atoms with Crippen molar-refractivity contribution in [1.29, 1.82) is 0 Å². The summed E-state index contributed by atoms with van der Waals surface area (Å²) in [5.41, 5.74) is 2.81. The van der Waals surface area contributed by atoms with Crippen LogP contribution in [0, 0.1) is 10.8 Å². The average Bonchev–Trinajstić information content (AvgIpc) is 3.45. The summed E-state index contributed by atoms with van der Waals surface area (Å²) in [6.45, 7) is 12.1. The average molecular weight is 479 g/mol. The molecule has 5 heteroatoms. The lowest BCUT2D eigenvalue weighted by Crippen LogP contribution is -2.29. The lowest BCUT2D eigenvalue weighted by atomic mass is 9.71. The molecule has 3 aromatic rings. The molecule has 0 saturated carbocycles. The highest BCUT2D eigenvalue weighted by Crippen LogP contribution is 2.41. The zero-order chi connectivity index (χ0) is 25.8. The highest BCUT2D eigenvalue weighted by molar-refractivity contribution is 6.36. The summed E-state index contributed by atoms with van der Waals surface area (Å²) in [6, 6.07) is 17.3. The van der Waals surface area contributed by atoms with E-state index in [-0.39, 0.29) is 11.7 Å². The largest absolute Gasteiger partial charge is 0.463 e. The Morgan fingerprint density at radius 3 is 2.03 bits per heavy atom. The van der Waals surface area contributed by atoms with E-state index in [1.165, 1.54) is 5.01 Å². The van der Waals surface area contributed by atoms with Crippen LogP contribution in [-0.4, -0.2) is 17.4 Å². The van der Waals surface area contributed by atoms with Crippen molar-refractivity contribution in [1.82, 2.24) is 0 Å². The van der Waals surface area contributed by atoms with Gasteiger partial charge in [-0.15, -0.1) is 0 Å². The summed E-state index contributed by atoms with van der Waals surface area (Å²) in [6.07, 6.45) is 5.29. The third kappa shape index (κ3) is 3.95. The predicted molar refractivity (Wildman–Crippen MR) is 144 cm³/mol. The maximum absolute atomic E-state index is 14.1. The van der Waals surface area contributed by atoms with Gasteiger partial charge >= 0.3 is 0 Å². The molecule has 2 heterocycles. The molecule has 1 aliphatic carbocycles. The van der Waals surface area contributed by atoms with Crippen LogP contribution in [0.5, 0.6) is 0 Å². The zero-order valence-electron chi connectivity index (χ0n) is 21.5. The van der Waals surface area contributed by atoms with Crippen LogP contribution < -0.4 is 5.01 Å². The van der Waals surface area contributed by atoms with Gasteiger partial charge in [-0.3, -0.25) is 9.59 Å². The number of allylic oxidation sites excluding steroid dienone is 5. The van der Waals surface area contributed by atoms with Crippen molar-refractivity contribution in [2.75, 3.05) is 5.01 Å². The molecule has 0 bridgehead atoms. The van der Waals surface area contributed by atoms with Crippen molar-refractivity contribution in [2.24, 2.45) is 15.9 Å². The van der Waals surface area contributed by atoms with Gasteiger partial charge in [-0.05, 0) is 52.1 Å². The Kier molecular flexibility index (Phi) is 5.47. The minimum absolute atomic E-state index is 0.0205. The summed E-state index contributed by atoms with van der Waals surface area (Å²) < 4.78 is 5.72. The number of anilines is 1. The Bertz CT molecular complexity index is 1480. The first-order valence-electron chi connectivity index (χ1n) is 12.2. The summed E-state index contributed by atoms with van der Waals surface area (Å²) >= 11 is 0. The molecule has 0 unspecified atom stereocenters. The molecule has 182 valence electrons. The van der Waals surface area contributed by atoms with E-state index >= 15 is 0 Å². The molecule has 0 saturated heterocycles. The number of nitrogens with zero attached hydrogens (tertiary/aromatic N) is 2. The summed E-state index contributed by atoms with van der Waals surface area (Å²) in [5, 5.41) is 8.19. The van der Waals surface area contributed by atoms with Gasteiger partial charge < -0.3 is 4.42 Å². The molecule has 0 spiro atoms. The molecular formula is C31H30N2O3. The van der Waals surface area contributed by atoms with Gasteiger partial charge in [0.2, 0.25) is 0 Å². The number of fused-ring (bicyclic) bond motifs is 1. The van der Waals surface area contributed by atoms with Crippen LogP contribution in [0.15, 0.2) is 105 Å². The van der Waals surface area contributed by atoms with Gasteiger partial charge in [0, 0.05) is 16.5 Å². The zero-order valence-corrected chi connectivity index (χ0v) is 21.5. The smallest absolute Gasteiger partial charge is 0.281 e. The van der Waals surface area contributed by atoms with Crippen LogP contribution in [0.3, 0.4) is 0 Å². The van der Waals surface area contributed by atoms with Crippen LogP contribution in [0.1, 0.15) is 47.3 Å². The van der Waals surface area contributed by atoms with Crippen molar-refractivity contribution in [3.8, 4) is 0 Å². The van der Waals surface area contributed by atoms with Crippen molar-refractivity contribution >= 4 is 33.9 Å². The highest BCUT2D eigenvalue weighted by atomic mass is 16.3. The summed E-state index contributed by atoms with van der Waals surface area (Å²) in [7, 11) is 0. The lowest BCUT2D eigenvalue weighted by molar-refractivity contribution is -0.115. The number of carbonyl (C=O) groups excluding carboxylic acids is 2. The van der Waals surface area contributed by atoms with Crippen molar-refractivity contribution in [3.63, 3.8) is 0 Å². The number of carbonyl (C=O) groups is 2. The topological polar surface area (TPSA) is 62.9 Å². The van der Waals surface area contributed by atoms with E-state index in [0.717, 1.165) is 10.8 Å². The predicted octanol–water partition coefficient (Wildman–Crippen LogP) is 7.01. The Balaban J connectivity index is 1.78. The first-order valence-corrected chi connectivity index (χ1v) is 12.2. The second-order valence-electron chi connectivity index (χ2n) is 11.3. The van der Waals surface area contributed by atoms with Gasteiger partial charge in [0.1, 0.15) is 5.71 Å². The van der Waals surface area contributed by atoms with E-state index in [2.05, 4.69) is 0 Å². The Morgan fingerprint density at radius 1 is 0.778 bits per heavy atom. The molecule has 0 fully saturated rings. The van der Waals surface area contributed by atoms with Crippen molar-refractivity contribution < 1.29 is 14.0 Å². The van der Waals surface area contributed by atoms with E-state index < -0.39 is 10.8 Å². The van der Waals surface area contributed by atoms with Gasteiger partial charge in [-0.25, -0.2) is 0 Å². The van der Waals surface area contributed by atoms with Gasteiger partial charge in [-0.2, -0.15) is 10.1 Å². The first-order chi connectivity index (χ1) is 17.0. The normalized spacial score (nSPS) is 17.1. The molecule has 1 aromatic heterocycles. The molecule has 2 aromatic carbocycles. The molecular weight excluding hydrogens is 448 g/mol. The maximum atomic E-state index is 14.1. The number of rotatable bonds is 2. The standard InChI is InChI=1S/C31H30N2O3/c1-30(2,3)22-17-20(18-23(28(22)34)31(4,5)6)26-27(25-15-10-16-36-25)32-33(29(26)35)24-14-9-12-19-11-7-8-13-21(19)24/h7-18H,1-6H3. The quantitative estimate of drug-likeness (QED) is 0.372. The minimum atomic E-state index is -0.396. The molecule has 5 nitrogen and oxygen atoms in total. The van der Waals surface area contributed by atoms with Crippen LogP contribution >= 0.6 is 0 Å². The first kappa shape index (κ1) is 23.7. The highest BCUT2D eigenvalue weighted by Gasteiger charge is 2.39. The fourth-order valence-electron chi connectivity index (χ4n) is 4.69. The van der Waals surface area contributed by atoms with Crippen molar-refractivity contribution in [2.45, 2.75) is 41.5 Å². The molecule has 1 aliphatic heterocycles. The maximum Gasteiger partial charge on any atom is 0.281 e. The Labute approximate surface area is 211 Å². The summed E-state index contributed by atoms with van der Waals surface area (Å²) in [5.74, 6) is 0.269. The van der Waals surface area contributed by atoms with Gasteiger partial charge in [0.05, 0.1) is 17.5 Å². The minimum Gasteiger partial charge on any atom is -0.463 e. The van der Waals surface area contributed by atoms with Crippen LogP contribution in [-0.2, 0) is 9.59 Å². The van der Waals surface area contributed by atoms with E-state index in [1.54, 1.807) is 18.4 Å². The van der Waals surface area contributed by atoms with Crippen LogP contribution in [0.2, 0.25) is 0 Å². The third-order valence-corrected chi connectivity index (χ3v) is 6.59. The number of amides is 1. The number of ketones is 1. The van der Waals surface area contributed by atoms with Crippen molar-refractivity contribution in [3.05, 3.63) is 101 Å². The fourth-order valence-corrected chi connectivity index (χ4v) is 4.69. The molecule has 5 rings (SSSR count). The monoisotopic (exact) mass is 478 g/mol. The number of furan rings is 1. The van der Waals surface area contributed by atoms with E-state index in [9.17, 15) is 9.59 Å². The summed E-state index contributed by atoms with van der Waals surface area (Å²) in [4.78, 5) is 27.6. The lowest BCUT2D eigenvalue weighted by Gasteiger charge is -2.31. The number of hydrazone groups is 1. The molecule has 36 heavy (non-hydrogen) atoms. The van der Waals surface area contributed by atoms with E-state index in [4.69, 9.17) is 9.52 Å². The van der Waals surface area contributed by atoms with Gasteiger partial charge in [-0.1, -0.05) is 77.9 Å². The molecule has 0 radical (unpaired) electrons. The Hall–Kier alpha value is -3.99. The number of Topliss-reactive ketones (excluding diaryl/α,β-unsaturated/α-hetero) is 1. The fraction of sp³-hybridized carbons (Fsp3) is 0.258. The second kappa shape index (κ2) is 8.30. The number of hydrogen-bond acceptors (Lipinski definition) is 4. The molecule has 0 N–H and O–H groups in total. The molecule has 2 aliphatic rings. The van der Waals surface area contributed by atoms with Gasteiger partial charge in [0.15, 0.2) is 11.5 Å². The Morgan fingerprint density at radius 2 is 1.42 bits per heavy atom. The van der Waals surface area contributed by atoms with Crippen LogP contribution in [0.4, 0.5) is 5.69 Å². The molecule has 0 atom stereocenters. The van der Waals surface area contributed by atoms with E-state index in [1.807, 2.05) is 96.2 Å². The van der Waals surface area contributed by atoms with E-state index in [0.29, 0.717) is 39.5 Å². The molecule has 1 amide bonds.